The third kappa shape index (κ3) is 1.80. The first-order valence-electron chi connectivity index (χ1n) is 7.02. The van der Waals surface area contributed by atoms with E-state index in [4.69, 9.17) is 9.31 Å². The lowest BCUT2D eigenvalue weighted by Gasteiger charge is -2.32. The summed E-state index contributed by atoms with van der Waals surface area (Å²) in [6.07, 6.45) is 1.80. The van der Waals surface area contributed by atoms with Crippen molar-refractivity contribution in [3.05, 3.63) is 23.5 Å². The number of pyridine rings is 1. The minimum atomic E-state index is -0.348. The maximum atomic E-state index is 6.16. The normalized spacial score (nSPS) is 20.8. The van der Waals surface area contributed by atoms with Gasteiger partial charge in [0.05, 0.1) is 11.2 Å². The Hall–Kier alpha value is -1.33. The predicted octanol–water partition coefficient (Wildman–Crippen LogP) is 2.48. The molecule has 0 unspecified atom stereocenters. The molecule has 4 nitrogen and oxygen atoms in total. The molecule has 1 aliphatic heterocycles. The SMILES string of the molecule is Cc1[nH]c2nccc(B3OC(C)(C)C(C)(C)O3)c2c1C. The zero-order chi connectivity index (χ0) is 14.7. The van der Waals surface area contributed by atoms with E-state index in [0.717, 1.165) is 22.2 Å². The summed E-state index contributed by atoms with van der Waals surface area (Å²) in [6.45, 7) is 12.4. The summed E-state index contributed by atoms with van der Waals surface area (Å²) in [6, 6.07) is 1.99. The first-order chi connectivity index (χ1) is 9.23. The number of nitrogens with one attached hydrogen (secondary N) is 1. The summed E-state index contributed by atoms with van der Waals surface area (Å²) in [5, 5.41) is 1.11. The molecule has 0 radical (unpaired) electrons. The van der Waals surface area contributed by atoms with E-state index in [1.54, 1.807) is 6.20 Å². The molecule has 1 fully saturated rings. The van der Waals surface area contributed by atoms with Crippen molar-refractivity contribution in [2.75, 3.05) is 0 Å². The van der Waals surface area contributed by atoms with Gasteiger partial charge in [0, 0.05) is 17.3 Å². The lowest BCUT2D eigenvalue weighted by atomic mass is 9.77. The molecule has 3 heterocycles. The van der Waals surface area contributed by atoms with Crippen molar-refractivity contribution in [1.82, 2.24) is 9.97 Å². The summed E-state index contributed by atoms with van der Waals surface area (Å²) < 4.78 is 12.3. The van der Waals surface area contributed by atoms with Crippen LogP contribution in [0.4, 0.5) is 0 Å². The van der Waals surface area contributed by atoms with Gasteiger partial charge in [0.1, 0.15) is 5.65 Å². The van der Waals surface area contributed by atoms with E-state index in [9.17, 15) is 0 Å². The topological polar surface area (TPSA) is 47.1 Å². The van der Waals surface area contributed by atoms with Crippen LogP contribution in [0.3, 0.4) is 0 Å². The average molecular weight is 272 g/mol. The average Bonchev–Trinajstić information content (AvgIpc) is 2.74. The summed E-state index contributed by atoms with van der Waals surface area (Å²) >= 11 is 0. The van der Waals surface area contributed by atoms with Gasteiger partial charge < -0.3 is 14.3 Å². The monoisotopic (exact) mass is 272 g/mol. The van der Waals surface area contributed by atoms with Gasteiger partial charge in [-0.1, -0.05) is 0 Å². The molecule has 106 valence electrons. The first-order valence-corrected chi connectivity index (χ1v) is 7.02. The molecule has 0 aromatic carbocycles. The Kier molecular flexibility index (Phi) is 2.79. The highest BCUT2D eigenvalue weighted by Crippen LogP contribution is 2.37. The maximum Gasteiger partial charge on any atom is 0.495 e. The van der Waals surface area contributed by atoms with Crippen molar-refractivity contribution < 1.29 is 9.31 Å². The van der Waals surface area contributed by atoms with E-state index < -0.39 is 0 Å². The molecular formula is C15H21BN2O2. The third-order valence-corrected chi connectivity index (χ3v) is 4.73. The van der Waals surface area contributed by atoms with Crippen molar-refractivity contribution in [3.63, 3.8) is 0 Å². The van der Waals surface area contributed by atoms with Crippen LogP contribution in [0, 0.1) is 13.8 Å². The number of aromatic nitrogens is 2. The lowest BCUT2D eigenvalue weighted by Crippen LogP contribution is -2.41. The van der Waals surface area contributed by atoms with Crippen molar-refractivity contribution in [2.24, 2.45) is 0 Å². The number of H-pyrrole nitrogens is 1. The molecule has 20 heavy (non-hydrogen) atoms. The van der Waals surface area contributed by atoms with Gasteiger partial charge in [-0.15, -0.1) is 0 Å². The maximum absolute atomic E-state index is 6.16. The Bertz CT molecular complexity index is 660. The second kappa shape index (κ2) is 4.09. The van der Waals surface area contributed by atoms with E-state index >= 15 is 0 Å². The molecule has 3 rings (SSSR count). The molecule has 2 aromatic rings. The second-order valence-corrected chi connectivity index (χ2v) is 6.59. The molecule has 1 N–H and O–H groups in total. The number of fused-ring (bicyclic) bond motifs is 1. The van der Waals surface area contributed by atoms with Gasteiger partial charge in [-0.2, -0.15) is 0 Å². The Labute approximate surface area is 120 Å². The summed E-state index contributed by atoms with van der Waals surface area (Å²) in [7, 11) is -0.348. The lowest BCUT2D eigenvalue weighted by molar-refractivity contribution is 0.00578. The van der Waals surface area contributed by atoms with E-state index in [1.807, 2.05) is 6.07 Å². The van der Waals surface area contributed by atoms with Gasteiger partial charge in [-0.25, -0.2) is 4.98 Å². The van der Waals surface area contributed by atoms with Crippen LogP contribution in [-0.2, 0) is 9.31 Å². The van der Waals surface area contributed by atoms with Crippen LogP contribution in [0.1, 0.15) is 39.0 Å². The quantitative estimate of drug-likeness (QED) is 0.811. The van der Waals surface area contributed by atoms with E-state index in [2.05, 4.69) is 51.5 Å². The molecule has 2 aromatic heterocycles. The molecule has 0 aliphatic carbocycles. The highest BCUT2D eigenvalue weighted by molar-refractivity contribution is 6.65. The molecule has 5 heteroatoms. The minimum absolute atomic E-state index is 0.327. The van der Waals surface area contributed by atoms with Crippen LogP contribution in [-0.4, -0.2) is 28.3 Å². The van der Waals surface area contributed by atoms with Crippen LogP contribution >= 0.6 is 0 Å². The fraction of sp³-hybridized carbons (Fsp3) is 0.533. The van der Waals surface area contributed by atoms with Crippen molar-refractivity contribution in [3.8, 4) is 0 Å². The van der Waals surface area contributed by atoms with Crippen LogP contribution in [0.2, 0.25) is 0 Å². The van der Waals surface area contributed by atoms with Crippen LogP contribution in [0.5, 0.6) is 0 Å². The first kappa shape index (κ1) is 13.6. The largest absolute Gasteiger partial charge is 0.495 e. The third-order valence-electron chi connectivity index (χ3n) is 4.73. The number of aromatic amines is 1. The number of hydrogen-bond acceptors (Lipinski definition) is 3. The predicted molar refractivity (Wildman–Crippen MR) is 81.3 cm³/mol. The Balaban J connectivity index is 2.13. The zero-order valence-corrected chi connectivity index (χ0v) is 13.0. The highest BCUT2D eigenvalue weighted by Gasteiger charge is 2.52. The molecule has 0 spiro atoms. The van der Waals surface area contributed by atoms with Crippen molar-refractivity contribution in [2.45, 2.75) is 52.7 Å². The van der Waals surface area contributed by atoms with Crippen LogP contribution < -0.4 is 5.46 Å². The number of hydrogen-bond donors (Lipinski definition) is 1. The molecule has 1 saturated heterocycles. The van der Waals surface area contributed by atoms with Gasteiger partial charge in [-0.05, 0) is 58.6 Å². The summed E-state index contributed by atoms with van der Waals surface area (Å²) in [5.74, 6) is 0. The number of rotatable bonds is 1. The molecule has 0 amide bonds. The van der Waals surface area contributed by atoms with Crippen LogP contribution in [0.25, 0.3) is 11.0 Å². The van der Waals surface area contributed by atoms with Gasteiger partial charge in [0.15, 0.2) is 0 Å². The van der Waals surface area contributed by atoms with Crippen molar-refractivity contribution >= 4 is 23.6 Å². The number of nitrogens with zero attached hydrogens (tertiary/aromatic N) is 1. The molecular weight excluding hydrogens is 251 g/mol. The fourth-order valence-electron chi connectivity index (χ4n) is 2.59. The van der Waals surface area contributed by atoms with Gasteiger partial charge in [0.25, 0.3) is 0 Å². The highest BCUT2D eigenvalue weighted by atomic mass is 16.7. The minimum Gasteiger partial charge on any atom is -0.399 e. The molecule has 0 saturated carbocycles. The number of aryl methyl sites for hydroxylation is 2. The van der Waals surface area contributed by atoms with Gasteiger partial charge in [-0.3, -0.25) is 0 Å². The van der Waals surface area contributed by atoms with E-state index in [-0.39, 0.29) is 18.3 Å². The van der Waals surface area contributed by atoms with Gasteiger partial charge >= 0.3 is 7.12 Å². The zero-order valence-electron chi connectivity index (χ0n) is 13.0. The Morgan fingerprint density at radius 2 is 1.70 bits per heavy atom. The molecule has 0 bridgehead atoms. The fourth-order valence-corrected chi connectivity index (χ4v) is 2.59. The molecule has 0 atom stereocenters. The Morgan fingerprint density at radius 1 is 1.10 bits per heavy atom. The standard InChI is InChI=1S/C15H21BN2O2/c1-9-10(2)18-13-12(9)11(7-8-17-13)16-19-14(3,4)15(5,6)20-16/h7-8H,1-6H3,(H,17,18). The summed E-state index contributed by atoms with van der Waals surface area (Å²) in [5.41, 5.74) is 3.64. The van der Waals surface area contributed by atoms with Crippen LogP contribution in [0.15, 0.2) is 12.3 Å². The van der Waals surface area contributed by atoms with E-state index in [1.165, 1.54) is 5.56 Å². The van der Waals surface area contributed by atoms with Gasteiger partial charge in [0.2, 0.25) is 0 Å². The Morgan fingerprint density at radius 3 is 2.30 bits per heavy atom. The molecule has 1 aliphatic rings. The summed E-state index contributed by atoms with van der Waals surface area (Å²) in [4.78, 5) is 7.71. The van der Waals surface area contributed by atoms with E-state index in [0.29, 0.717) is 0 Å². The smallest absolute Gasteiger partial charge is 0.399 e. The second-order valence-electron chi connectivity index (χ2n) is 6.59. The van der Waals surface area contributed by atoms with Crippen molar-refractivity contribution in [1.29, 1.82) is 0 Å².